The lowest BCUT2D eigenvalue weighted by Crippen LogP contribution is -2.49. The maximum atomic E-state index is 12.3. The smallest absolute Gasteiger partial charge is 0.228 e. The van der Waals surface area contributed by atoms with Gasteiger partial charge < -0.3 is 10.6 Å². The average Bonchev–Trinajstić information content (AvgIpc) is 2.67. The van der Waals surface area contributed by atoms with Crippen molar-refractivity contribution in [2.75, 3.05) is 5.32 Å². The van der Waals surface area contributed by atoms with Crippen LogP contribution >= 0.6 is 34.8 Å². The molecule has 0 heterocycles. The number of halogens is 3. The minimum Gasteiger partial charge on any atom is -0.362 e. The Morgan fingerprint density at radius 3 is 1.93 bits per heavy atom. The zero-order valence-electron chi connectivity index (χ0n) is 18.6. The van der Waals surface area contributed by atoms with E-state index >= 15 is 0 Å². The van der Waals surface area contributed by atoms with Crippen molar-refractivity contribution < 1.29 is 4.79 Å². The Kier molecular flexibility index (Phi) is 14.7. The summed E-state index contributed by atoms with van der Waals surface area (Å²) in [6, 6.07) is 7.73. The molecule has 0 fully saturated rings. The third-order valence-electron chi connectivity index (χ3n) is 5.22. The summed E-state index contributed by atoms with van der Waals surface area (Å²) in [5.41, 5.74) is 1.89. The number of unbranched alkanes of at least 4 members (excludes halogenated alkanes) is 11. The Hall–Kier alpha value is -0.640. The largest absolute Gasteiger partial charge is 0.362 e. The Bertz CT molecular complexity index is 590. The van der Waals surface area contributed by atoms with E-state index in [9.17, 15) is 4.79 Å². The normalized spacial score (nSPS) is 12.6. The second-order valence-corrected chi connectivity index (χ2v) is 10.6. The van der Waals surface area contributed by atoms with E-state index in [0.29, 0.717) is 6.42 Å². The molecule has 1 amide bonds. The fraction of sp³-hybridized carbons (Fsp3) is 0.708. The number of nitrogens with one attached hydrogen (secondary N) is 2. The third-order valence-corrected chi connectivity index (χ3v) is 5.87. The van der Waals surface area contributed by atoms with Gasteiger partial charge in [-0.15, -0.1) is 0 Å². The summed E-state index contributed by atoms with van der Waals surface area (Å²) in [6.07, 6.45) is 14.9. The molecule has 6 heteroatoms. The molecule has 0 saturated carbocycles. The highest BCUT2D eigenvalue weighted by molar-refractivity contribution is 6.68. The van der Waals surface area contributed by atoms with Gasteiger partial charge in [-0.3, -0.25) is 4.79 Å². The topological polar surface area (TPSA) is 41.1 Å². The maximum Gasteiger partial charge on any atom is 0.228 e. The third kappa shape index (κ3) is 13.6. The molecule has 0 unspecified atom stereocenters. The van der Waals surface area contributed by atoms with E-state index in [4.69, 9.17) is 34.8 Å². The maximum absolute atomic E-state index is 12.3. The van der Waals surface area contributed by atoms with Gasteiger partial charge in [0.25, 0.3) is 0 Å². The van der Waals surface area contributed by atoms with Crippen molar-refractivity contribution in [3.8, 4) is 0 Å². The van der Waals surface area contributed by atoms with Gasteiger partial charge in [-0.1, -0.05) is 124 Å². The molecule has 3 nitrogen and oxygen atoms in total. The molecule has 30 heavy (non-hydrogen) atoms. The van der Waals surface area contributed by atoms with Gasteiger partial charge in [-0.25, -0.2) is 0 Å². The van der Waals surface area contributed by atoms with E-state index in [1.54, 1.807) is 0 Å². The van der Waals surface area contributed by atoms with Crippen LogP contribution in [0.15, 0.2) is 24.3 Å². The zero-order chi connectivity index (χ0) is 22.2. The Labute approximate surface area is 198 Å². The molecule has 0 aliphatic rings. The highest BCUT2D eigenvalue weighted by atomic mass is 35.6. The number of carbonyl (C=O) groups is 1. The first kappa shape index (κ1) is 27.4. The van der Waals surface area contributed by atoms with Crippen molar-refractivity contribution in [1.29, 1.82) is 0 Å². The summed E-state index contributed by atoms with van der Waals surface area (Å²) in [7, 11) is 0. The molecule has 0 bridgehead atoms. The lowest BCUT2D eigenvalue weighted by atomic mass is 10.0. The second kappa shape index (κ2) is 16.1. The van der Waals surface area contributed by atoms with Crippen molar-refractivity contribution in [3.05, 3.63) is 29.8 Å². The van der Waals surface area contributed by atoms with Crippen LogP contribution in [0.3, 0.4) is 0 Å². The minimum atomic E-state index is -1.64. The van der Waals surface area contributed by atoms with E-state index in [0.717, 1.165) is 24.1 Å². The van der Waals surface area contributed by atoms with Crippen LogP contribution in [-0.4, -0.2) is 15.9 Å². The Morgan fingerprint density at radius 1 is 0.900 bits per heavy atom. The van der Waals surface area contributed by atoms with Crippen LogP contribution in [0.4, 0.5) is 5.69 Å². The summed E-state index contributed by atoms with van der Waals surface area (Å²) >= 11 is 18.2. The number of rotatable bonds is 16. The van der Waals surface area contributed by atoms with Gasteiger partial charge in [0.15, 0.2) is 0 Å². The number of anilines is 1. The Balaban J connectivity index is 2.16. The van der Waals surface area contributed by atoms with Gasteiger partial charge in [0.2, 0.25) is 9.70 Å². The second-order valence-electron chi connectivity index (χ2n) is 8.20. The molecule has 1 aromatic carbocycles. The highest BCUT2D eigenvalue weighted by Crippen LogP contribution is 2.31. The van der Waals surface area contributed by atoms with E-state index in [1.807, 2.05) is 31.2 Å². The van der Waals surface area contributed by atoms with Crippen molar-refractivity contribution >= 4 is 46.4 Å². The number of alkyl halides is 3. The van der Waals surface area contributed by atoms with Gasteiger partial charge in [0.1, 0.15) is 6.17 Å². The SMILES string of the molecule is CCCCCCCCCCCCCCC(=O)N[C@@H](Nc1cccc(C)c1)C(Cl)(Cl)Cl. The summed E-state index contributed by atoms with van der Waals surface area (Å²) in [5, 5.41) is 5.93. The quantitative estimate of drug-likeness (QED) is 0.143. The molecular formula is C24H39Cl3N2O. The molecule has 0 spiro atoms. The van der Waals surface area contributed by atoms with E-state index in [1.165, 1.54) is 64.2 Å². The van der Waals surface area contributed by atoms with Gasteiger partial charge in [0, 0.05) is 12.1 Å². The molecule has 0 saturated heterocycles. The van der Waals surface area contributed by atoms with E-state index in [-0.39, 0.29) is 5.91 Å². The molecular weight excluding hydrogens is 439 g/mol. The van der Waals surface area contributed by atoms with Crippen LogP contribution < -0.4 is 10.6 Å². The van der Waals surface area contributed by atoms with Crippen molar-refractivity contribution in [2.45, 2.75) is 107 Å². The fourth-order valence-corrected chi connectivity index (χ4v) is 3.79. The van der Waals surface area contributed by atoms with Crippen LogP contribution in [0, 0.1) is 6.92 Å². The van der Waals surface area contributed by atoms with Crippen molar-refractivity contribution in [2.24, 2.45) is 0 Å². The van der Waals surface area contributed by atoms with Crippen LogP contribution in [0.1, 0.15) is 96.0 Å². The molecule has 2 N–H and O–H groups in total. The average molecular weight is 478 g/mol. The molecule has 1 atom stereocenters. The summed E-state index contributed by atoms with van der Waals surface area (Å²) in [5.74, 6) is -0.0986. The lowest BCUT2D eigenvalue weighted by Gasteiger charge is -2.27. The molecule has 0 aliphatic heterocycles. The van der Waals surface area contributed by atoms with Crippen LogP contribution in [0.5, 0.6) is 0 Å². The van der Waals surface area contributed by atoms with Gasteiger partial charge in [0.05, 0.1) is 0 Å². The number of benzene rings is 1. The van der Waals surface area contributed by atoms with Crippen LogP contribution in [0.25, 0.3) is 0 Å². The summed E-state index contributed by atoms with van der Waals surface area (Å²) < 4.78 is -1.64. The minimum absolute atomic E-state index is 0.0986. The predicted octanol–water partition coefficient (Wildman–Crippen LogP) is 8.31. The summed E-state index contributed by atoms with van der Waals surface area (Å²) in [6.45, 7) is 4.24. The molecule has 1 rings (SSSR count). The number of carbonyl (C=O) groups excluding carboxylic acids is 1. The number of amides is 1. The first-order valence-corrected chi connectivity index (χ1v) is 12.7. The number of hydrogen-bond acceptors (Lipinski definition) is 2. The highest BCUT2D eigenvalue weighted by Gasteiger charge is 2.33. The monoisotopic (exact) mass is 476 g/mol. The molecule has 0 radical (unpaired) electrons. The lowest BCUT2D eigenvalue weighted by molar-refractivity contribution is -0.121. The molecule has 0 aliphatic carbocycles. The van der Waals surface area contributed by atoms with Gasteiger partial charge in [-0.2, -0.15) is 0 Å². The van der Waals surface area contributed by atoms with Crippen molar-refractivity contribution in [3.63, 3.8) is 0 Å². The first-order valence-electron chi connectivity index (χ1n) is 11.5. The number of aryl methyl sites for hydroxylation is 1. The molecule has 172 valence electrons. The molecule has 0 aromatic heterocycles. The van der Waals surface area contributed by atoms with Gasteiger partial charge in [-0.05, 0) is 31.0 Å². The first-order chi connectivity index (χ1) is 14.3. The van der Waals surface area contributed by atoms with Crippen LogP contribution in [-0.2, 0) is 4.79 Å². The van der Waals surface area contributed by atoms with Crippen molar-refractivity contribution in [1.82, 2.24) is 5.32 Å². The fourth-order valence-electron chi connectivity index (χ4n) is 3.46. The molecule has 1 aromatic rings. The Morgan fingerprint density at radius 2 is 1.43 bits per heavy atom. The van der Waals surface area contributed by atoms with Crippen LogP contribution in [0.2, 0.25) is 0 Å². The van der Waals surface area contributed by atoms with E-state index < -0.39 is 9.96 Å². The summed E-state index contributed by atoms with van der Waals surface area (Å²) in [4.78, 5) is 12.3. The predicted molar refractivity (Wildman–Crippen MR) is 133 cm³/mol. The standard InChI is InChI=1S/C24H39Cl3N2O/c1-3-4-5-6-7-8-9-10-11-12-13-14-18-22(30)29-23(24(25,26)27)28-21-17-15-16-20(2)19-21/h15-17,19,23,28H,3-14,18H2,1-2H3,(H,29,30)/t23-/m1/s1. The van der Waals surface area contributed by atoms with E-state index in [2.05, 4.69) is 17.6 Å². The van der Waals surface area contributed by atoms with Gasteiger partial charge >= 0.3 is 0 Å². The number of hydrogen-bond donors (Lipinski definition) is 2. The zero-order valence-corrected chi connectivity index (χ0v) is 20.9.